The Bertz CT molecular complexity index is 1170. The fourth-order valence-corrected chi connectivity index (χ4v) is 4.88. The highest BCUT2D eigenvalue weighted by atomic mass is 32.2. The first kappa shape index (κ1) is 22.1. The Labute approximate surface area is 178 Å². The summed E-state index contributed by atoms with van der Waals surface area (Å²) in [6, 6.07) is 10.4. The maximum atomic E-state index is 13.1. The minimum atomic E-state index is -3.80. The van der Waals surface area contributed by atoms with Crippen LogP contribution in [0, 0.1) is 19.7 Å². The SMILES string of the molecule is COC(=O)c1cc(S(=O)(=O)NCCc2nc(-c3ccc(F)cc3)sc2C)ccc1C. The van der Waals surface area contributed by atoms with Gasteiger partial charge in [-0.25, -0.2) is 27.3 Å². The van der Waals surface area contributed by atoms with E-state index < -0.39 is 16.0 Å². The van der Waals surface area contributed by atoms with Crippen LogP contribution in [0.15, 0.2) is 47.4 Å². The van der Waals surface area contributed by atoms with Crippen LogP contribution in [0.25, 0.3) is 10.6 Å². The van der Waals surface area contributed by atoms with E-state index in [1.54, 1.807) is 25.1 Å². The minimum absolute atomic E-state index is 0.00417. The van der Waals surface area contributed by atoms with Crippen LogP contribution in [0.2, 0.25) is 0 Å². The molecule has 158 valence electrons. The van der Waals surface area contributed by atoms with Crippen LogP contribution in [0.4, 0.5) is 4.39 Å². The van der Waals surface area contributed by atoms with Crippen LogP contribution in [-0.4, -0.2) is 33.0 Å². The van der Waals surface area contributed by atoms with Crippen LogP contribution < -0.4 is 4.72 Å². The summed E-state index contributed by atoms with van der Waals surface area (Å²) in [6.07, 6.45) is 0.401. The standard InChI is InChI=1S/C21H21FN2O4S2/c1-13-4-9-17(12-18(13)21(25)28-3)30(26,27)23-11-10-19-14(2)29-20(24-19)15-5-7-16(22)8-6-15/h4-9,12,23H,10-11H2,1-3H3. The number of hydrogen-bond donors (Lipinski definition) is 1. The zero-order chi connectivity index (χ0) is 21.9. The average Bonchev–Trinajstić information content (AvgIpc) is 3.08. The molecule has 0 bridgehead atoms. The Balaban J connectivity index is 1.70. The normalized spacial score (nSPS) is 11.5. The summed E-state index contributed by atoms with van der Waals surface area (Å²) in [5.41, 5.74) is 2.43. The van der Waals surface area contributed by atoms with Crippen LogP contribution >= 0.6 is 11.3 Å². The molecule has 0 radical (unpaired) electrons. The summed E-state index contributed by atoms with van der Waals surface area (Å²) < 4.78 is 45.6. The van der Waals surface area contributed by atoms with Crippen molar-refractivity contribution in [3.8, 4) is 10.6 Å². The van der Waals surface area contributed by atoms with Gasteiger partial charge >= 0.3 is 5.97 Å². The second kappa shape index (κ2) is 9.03. The summed E-state index contributed by atoms with van der Waals surface area (Å²) >= 11 is 1.47. The number of aromatic nitrogens is 1. The van der Waals surface area contributed by atoms with Gasteiger partial charge in [0.15, 0.2) is 0 Å². The molecule has 0 unspecified atom stereocenters. The number of halogens is 1. The van der Waals surface area contributed by atoms with Gasteiger partial charge in [0.1, 0.15) is 10.8 Å². The number of carbonyl (C=O) groups excluding carboxylic acids is 1. The van der Waals surface area contributed by atoms with Crippen molar-refractivity contribution in [3.63, 3.8) is 0 Å². The van der Waals surface area contributed by atoms with Gasteiger partial charge < -0.3 is 4.74 Å². The Morgan fingerprint density at radius 3 is 2.53 bits per heavy atom. The number of benzene rings is 2. The van der Waals surface area contributed by atoms with Crippen molar-refractivity contribution >= 4 is 27.3 Å². The molecule has 0 aliphatic rings. The monoisotopic (exact) mass is 448 g/mol. The molecule has 0 saturated heterocycles. The maximum absolute atomic E-state index is 13.1. The Kier molecular flexibility index (Phi) is 6.64. The van der Waals surface area contributed by atoms with Crippen LogP contribution in [0.5, 0.6) is 0 Å². The van der Waals surface area contributed by atoms with E-state index in [2.05, 4.69) is 9.71 Å². The quantitative estimate of drug-likeness (QED) is 0.555. The molecule has 1 N–H and O–H groups in total. The number of nitrogens with zero attached hydrogens (tertiary/aromatic N) is 1. The predicted octanol–water partition coefficient (Wildman–Crippen LogP) is 3.87. The molecule has 1 aromatic heterocycles. The van der Waals surface area contributed by atoms with Gasteiger partial charge in [-0.1, -0.05) is 6.07 Å². The highest BCUT2D eigenvalue weighted by Gasteiger charge is 2.19. The van der Waals surface area contributed by atoms with Gasteiger partial charge in [0.25, 0.3) is 0 Å². The number of thiazole rings is 1. The van der Waals surface area contributed by atoms with Crippen molar-refractivity contribution < 1.29 is 22.3 Å². The molecule has 3 aromatic rings. The fourth-order valence-electron chi connectivity index (χ4n) is 2.86. The topological polar surface area (TPSA) is 85.4 Å². The number of ether oxygens (including phenoxy) is 1. The number of sulfonamides is 1. The summed E-state index contributed by atoms with van der Waals surface area (Å²) in [5.74, 6) is -0.899. The number of esters is 1. The largest absolute Gasteiger partial charge is 0.465 e. The second-order valence-corrected chi connectivity index (χ2v) is 9.62. The highest BCUT2D eigenvalue weighted by Crippen LogP contribution is 2.28. The molecule has 0 aliphatic carbocycles. The number of aryl methyl sites for hydroxylation is 2. The lowest BCUT2D eigenvalue weighted by Crippen LogP contribution is -2.26. The van der Waals surface area contributed by atoms with Crippen LogP contribution in [0.1, 0.15) is 26.5 Å². The summed E-state index contributed by atoms with van der Waals surface area (Å²) in [6.45, 7) is 3.77. The van der Waals surface area contributed by atoms with Crippen molar-refractivity contribution in [1.29, 1.82) is 0 Å². The molecule has 1 heterocycles. The van der Waals surface area contributed by atoms with E-state index in [0.717, 1.165) is 21.1 Å². The molecule has 0 atom stereocenters. The van der Waals surface area contributed by atoms with E-state index in [9.17, 15) is 17.6 Å². The van der Waals surface area contributed by atoms with E-state index in [-0.39, 0.29) is 22.8 Å². The lowest BCUT2D eigenvalue weighted by molar-refractivity contribution is 0.0599. The second-order valence-electron chi connectivity index (χ2n) is 6.64. The van der Waals surface area contributed by atoms with Crippen molar-refractivity contribution in [2.75, 3.05) is 13.7 Å². The Hall–Kier alpha value is -2.62. The van der Waals surface area contributed by atoms with Gasteiger partial charge in [0, 0.05) is 23.4 Å². The van der Waals surface area contributed by atoms with Crippen molar-refractivity contribution in [2.45, 2.75) is 25.2 Å². The van der Waals surface area contributed by atoms with Gasteiger partial charge in [-0.3, -0.25) is 0 Å². The fraction of sp³-hybridized carbons (Fsp3) is 0.238. The van der Waals surface area contributed by atoms with E-state index in [1.165, 1.54) is 42.7 Å². The molecule has 0 aliphatic heterocycles. The van der Waals surface area contributed by atoms with Crippen LogP contribution in [0.3, 0.4) is 0 Å². The molecule has 6 nitrogen and oxygen atoms in total. The van der Waals surface area contributed by atoms with Gasteiger partial charge in [-0.05, 0) is 55.8 Å². The molecule has 30 heavy (non-hydrogen) atoms. The molecule has 0 amide bonds. The number of hydrogen-bond acceptors (Lipinski definition) is 6. The maximum Gasteiger partial charge on any atom is 0.338 e. The van der Waals surface area contributed by atoms with E-state index in [0.29, 0.717) is 12.0 Å². The van der Waals surface area contributed by atoms with Crippen molar-refractivity contribution in [3.05, 3.63) is 70.0 Å². The lowest BCUT2D eigenvalue weighted by Gasteiger charge is -2.09. The van der Waals surface area contributed by atoms with E-state index in [1.807, 2.05) is 6.92 Å². The Morgan fingerprint density at radius 2 is 1.87 bits per heavy atom. The Morgan fingerprint density at radius 1 is 1.17 bits per heavy atom. The van der Waals surface area contributed by atoms with Crippen LogP contribution in [-0.2, 0) is 21.2 Å². The number of carbonyl (C=O) groups is 1. The lowest BCUT2D eigenvalue weighted by atomic mass is 10.1. The molecule has 0 fully saturated rings. The summed E-state index contributed by atoms with van der Waals surface area (Å²) in [5, 5.41) is 0.756. The van der Waals surface area contributed by atoms with E-state index >= 15 is 0 Å². The third-order valence-electron chi connectivity index (χ3n) is 4.56. The third-order valence-corrected chi connectivity index (χ3v) is 7.08. The zero-order valence-electron chi connectivity index (χ0n) is 16.7. The number of methoxy groups -OCH3 is 1. The number of nitrogens with one attached hydrogen (secondary N) is 1. The van der Waals surface area contributed by atoms with Crippen molar-refractivity contribution in [2.24, 2.45) is 0 Å². The average molecular weight is 449 g/mol. The minimum Gasteiger partial charge on any atom is -0.465 e. The predicted molar refractivity (Wildman–Crippen MR) is 114 cm³/mol. The summed E-state index contributed by atoms with van der Waals surface area (Å²) in [7, 11) is -2.55. The smallest absolute Gasteiger partial charge is 0.338 e. The van der Waals surface area contributed by atoms with Gasteiger partial charge in [0.2, 0.25) is 10.0 Å². The summed E-state index contributed by atoms with van der Waals surface area (Å²) in [4.78, 5) is 17.3. The third kappa shape index (κ3) is 4.92. The zero-order valence-corrected chi connectivity index (χ0v) is 18.4. The van der Waals surface area contributed by atoms with Gasteiger partial charge in [-0.2, -0.15) is 0 Å². The van der Waals surface area contributed by atoms with Gasteiger partial charge in [0.05, 0.1) is 23.3 Å². The van der Waals surface area contributed by atoms with Gasteiger partial charge in [-0.15, -0.1) is 11.3 Å². The first-order valence-corrected chi connectivity index (χ1v) is 11.4. The molecule has 0 spiro atoms. The first-order valence-electron chi connectivity index (χ1n) is 9.12. The highest BCUT2D eigenvalue weighted by molar-refractivity contribution is 7.89. The molecular weight excluding hydrogens is 427 g/mol. The molecular formula is C21H21FN2O4S2. The molecule has 9 heteroatoms. The first-order chi connectivity index (χ1) is 14.2. The van der Waals surface area contributed by atoms with E-state index in [4.69, 9.17) is 4.74 Å². The molecule has 0 saturated carbocycles. The number of rotatable bonds is 7. The van der Waals surface area contributed by atoms with Crippen molar-refractivity contribution in [1.82, 2.24) is 9.71 Å². The molecule has 2 aromatic carbocycles. The molecule has 3 rings (SSSR count).